The standard InChI is InChI=1S/C34H34N4O2/c1-37(2)23-25-14-17-28(18-15-25)35-32(26-12-8-5-9-13-26)31-29-22-27(16-19-30(29)36-33(31)39)34(40)38(3)21-20-24-10-6-4-7-11-24/h4-19,22,36,39H,20-21,23H2,1-3H3. The van der Waals surface area contributed by atoms with Crippen molar-refractivity contribution in [3.8, 4) is 5.88 Å². The van der Waals surface area contributed by atoms with E-state index in [1.54, 1.807) is 11.0 Å². The van der Waals surface area contributed by atoms with E-state index in [0.29, 0.717) is 23.4 Å². The fourth-order valence-electron chi connectivity index (χ4n) is 4.84. The molecule has 5 rings (SSSR count). The minimum Gasteiger partial charge on any atom is -0.494 e. The van der Waals surface area contributed by atoms with Gasteiger partial charge in [-0.05, 0) is 62.0 Å². The van der Waals surface area contributed by atoms with Gasteiger partial charge in [0, 0.05) is 42.2 Å². The van der Waals surface area contributed by atoms with Crippen LogP contribution >= 0.6 is 0 Å². The van der Waals surface area contributed by atoms with Crippen LogP contribution in [0.15, 0.2) is 108 Å². The first-order valence-corrected chi connectivity index (χ1v) is 13.4. The molecule has 0 aliphatic rings. The van der Waals surface area contributed by atoms with Gasteiger partial charge in [0.05, 0.1) is 17.0 Å². The van der Waals surface area contributed by atoms with Crippen LogP contribution in [0.3, 0.4) is 0 Å². The number of aromatic nitrogens is 1. The lowest BCUT2D eigenvalue weighted by atomic mass is 9.99. The predicted molar refractivity (Wildman–Crippen MR) is 163 cm³/mol. The fourth-order valence-corrected chi connectivity index (χ4v) is 4.84. The average molecular weight is 531 g/mol. The third-order valence-corrected chi connectivity index (χ3v) is 6.91. The molecule has 0 saturated carbocycles. The predicted octanol–water partition coefficient (Wildman–Crippen LogP) is 6.42. The molecule has 2 N–H and O–H groups in total. The number of H-pyrrole nitrogens is 1. The van der Waals surface area contributed by atoms with Crippen LogP contribution in [0.1, 0.15) is 32.6 Å². The minimum absolute atomic E-state index is 0.0175. The number of likely N-dealkylation sites (N-methyl/N-ethyl adjacent to an activating group) is 1. The maximum atomic E-state index is 13.4. The Morgan fingerprint density at radius 3 is 2.15 bits per heavy atom. The van der Waals surface area contributed by atoms with E-state index in [9.17, 15) is 9.90 Å². The molecule has 202 valence electrons. The van der Waals surface area contributed by atoms with Gasteiger partial charge in [0.2, 0.25) is 0 Å². The van der Waals surface area contributed by atoms with Gasteiger partial charge in [-0.3, -0.25) is 4.79 Å². The molecule has 0 aliphatic carbocycles. The van der Waals surface area contributed by atoms with Gasteiger partial charge in [0.25, 0.3) is 5.91 Å². The lowest BCUT2D eigenvalue weighted by molar-refractivity contribution is 0.0797. The molecule has 1 heterocycles. The number of hydrogen-bond acceptors (Lipinski definition) is 4. The van der Waals surface area contributed by atoms with Crippen LogP contribution in [0, 0.1) is 0 Å². The summed E-state index contributed by atoms with van der Waals surface area (Å²) in [5, 5.41) is 11.8. The number of rotatable bonds is 9. The Bertz CT molecular complexity index is 1620. The van der Waals surface area contributed by atoms with Crippen LogP contribution in [-0.4, -0.2) is 59.2 Å². The fraction of sp³-hybridized carbons (Fsp3) is 0.176. The SMILES string of the molecule is CN(C)Cc1ccc(N=C(c2ccccc2)c2c(O)[nH]c3ccc(C(=O)N(C)CCc4ccccc4)cc23)cc1. The van der Waals surface area contributed by atoms with E-state index in [1.807, 2.05) is 93.9 Å². The summed E-state index contributed by atoms with van der Waals surface area (Å²) in [4.78, 5) is 25.3. The van der Waals surface area contributed by atoms with Gasteiger partial charge >= 0.3 is 0 Å². The normalized spacial score (nSPS) is 11.8. The van der Waals surface area contributed by atoms with Crippen LogP contribution < -0.4 is 0 Å². The zero-order chi connectivity index (χ0) is 28.1. The second-order valence-corrected chi connectivity index (χ2v) is 10.3. The molecule has 40 heavy (non-hydrogen) atoms. The number of nitrogens with one attached hydrogen (secondary N) is 1. The molecule has 0 fully saturated rings. The third-order valence-electron chi connectivity index (χ3n) is 6.91. The number of amides is 1. The van der Waals surface area contributed by atoms with Crippen LogP contribution in [0.5, 0.6) is 5.88 Å². The maximum absolute atomic E-state index is 13.4. The van der Waals surface area contributed by atoms with Crippen molar-refractivity contribution in [1.82, 2.24) is 14.8 Å². The molecule has 0 spiro atoms. The van der Waals surface area contributed by atoms with Crippen molar-refractivity contribution in [2.24, 2.45) is 4.99 Å². The van der Waals surface area contributed by atoms with E-state index < -0.39 is 0 Å². The molecule has 0 radical (unpaired) electrons. The molecule has 4 aromatic carbocycles. The highest BCUT2D eigenvalue weighted by Crippen LogP contribution is 2.32. The zero-order valence-corrected chi connectivity index (χ0v) is 23.1. The first-order chi connectivity index (χ1) is 19.4. The van der Waals surface area contributed by atoms with E-state index in [2.05, 4.69) is 34.1 Å². The van der Waals surface area contributed by atoms with Gasteiger partial charge in [-0.15, -0.1) is 0 Å². The van der Waals surface area contributed by atoms with Crippen molar-refractivity contribution in [2.45, 2.75) is 13.0 Å². The van der Waals surface area contributed by atoms with E-state index in [-0.39, 0.29) is 11.8 Å². The van der Waals surface area contributed by atoms with Crippen molar-refractivity contribution in [1.29, 1.82) is 0 Å². The molecular weight excluding hydrogens is 496 g/mol. The Hall–Kier alpha value is -4.68. The molecule has 6 nitrogen and oxygen atoms in total. The van der Waals surface area contributed by atoms with Crippen molar-refractivity contribution < 1.29 is 9.90 Å². The minimum atomic E-state index is -0.0702. The number of benzene rings is 4. The number of hydrogen-bond donors (Lipinski definition) is 2. The van der Waals surface area contributed by atoms with Crippen molar-refractivity contribution in [2.75, 3.05) is 27.7 Å². The van der Waals surface area contributed by atoms with Crippen molar-refractivity contribution in [3.63, 3.8) is 0 Å². The van der Waals surface area contributed by atoms with E-state index in [1.165, 1.54) is 11.1 Å². The summed E-state index contributed by atoms with van der Waals surface area (Å²) in [5.74, 6) is -0.0528. The van der Waals surface area contributed by atoms with E-state index in [0.717, 1.165) is 35.1 Å². The first-order valence-electron chi connectivity index (χ1n) is 13.4. The first kappa shape index (κ1) is 26.9. The summed E-state index contributed by atoms with van der Waals surface area (Å²) < 4.78 is 0. The van der Waals surface area contributed by atoms with Crippen LogP contribution in [-0.2, 0) is 13.0 Å². The summed E-state index contributed by atoms with van der Waals surface area (Å²) in [5.41, 5.74) is 6.53. The second-order valence-electron chi connectivity index (χ2n) is 10.3. The molecule has 6 heteroatoms. The summed E-state index contributed by atoms with van der Waals surface area (Å²) in [6.45, 7) is 1.45. The highest BCUT2D eigenvalue weighted by molar-refractivity contribution is 6.22. The van der Waals surface area contributed by atoms with Crippen LogP contribution in [0.25, 0.3) is 10.9 Å². The Labute approximate surface area is 235 Å². The quantitative estimate of drug-likeness (QED) is 0.216. The number of aromatic hydroxyl groups is 1. The Kier molecular flexibility index (Phi) is 8.08. The molecule has 0 saturated heterocycles. The average Bonchev–Trinajstić information content (AvgIpc) is 3.30. The molecule has 0 unspecified atom stereocenters. The van der Waals surface area contributed by atoms with Gasteiger partial charge in [0.15, 0.2) is 5.88 Å². The Morgan fingerprint density at radius 2 is 1.48 bits per heavy atom. The summed E-state index contributed by atoms with van der Waals surface area (Å²) in [6, 6.07) is 33.6. The largest absolute Gasteiger partial charge is 0.494 e. The summed E-state index contributed by atoms with van der Waals surface area (Å²) >= 11 is 0. The topological polar surface area (TPSA) is 71.9 Å². The number of nitrogens with zero attached hydrogens (tertiary/aromatic N) is 3. The van der Waals surface area contributed by atoms with E-state index >= 15 is 0 Å². The lowest BCUT2D eigenvalue weighted by Gasteiger charge is -2.17. The Balaban J connectivity index is 1.51. The molecule has 1 amide bonds. The summed E-state index contributed by atoms with van der Waals surface area (Å²) in [7, 11) is 5.90. The van der Waals surface area contributed by atoms with Gasteiger partial charge in [-0.1, -0.05) is 72.8 Å². The maximum Gasteiger partial charge on any atom is 0.253 e. The zero-order valence-electron chi connectivity index (χ0n) is 23.1. The second kappa shape index (κ2) is 12.0. The smallest absolute Gasteiger partial charge is 0.253 e. The van der Waals surface area contributed by atoms with Crippen LogP contribution in [0.2, 0.25) is 0 Å². The van der Waals surface area contributed by atoms with Crippen molar-refractivity contribution in [3.05, 3.63) is 131 Å². The molecule has 0 aliphatic heterocycles. The number of carbonyl (C=O) groups excluding carboxylic acids is 1. The third kappa shape index (κ3) is 6.14. The molecular formula is C34H34N4O2. The number of fused-ring (bicyclic) bond motifs is 1. The molecule has 0 bridgehead atoms. The van der Waals surface area contributed by atoms with Gasteiger partial charge in [-0.2, -0.15) is 0 Å². The molecule has 1 aromatic heterocycles. The molecule has 0 atom stereocenters. The summed E-state index contributed by atoms with van der Waals surface area (Å²) in [6.07, 6.45) is 0.777. The van der Waals surface area contributed by atoms with Gasteiger partial charge < -0.3 is 19.9 Å². The number of aromatic amines is 1. The number of carbonyl (C=O) groups is 1. The van der Waals surface area contributed by atoms with Gasteiger partial charge in [0.1, 0.15) is 0 Å². The van der Waals surface area contributed by atoms with Crippen molar-refractivity contribution >= 4 is 28.2 Å². The number of aliphatic imine (C=N–C) groups is 1. The highest BCUT2D eigenvalue weighted by Gasteiger charge is 2.21. The molecule has 5 aromatic rings. The van der Waals surface area contributed by atoms with Crippen LogP contribution in [0.4, 0.5) is 5.69 Å². The van der Waals surface area contributed by atoms with Gasteiger partial charge in [-0.25, -0.2) is 4.99 Å². The highest BCUT2D eigenvalue weighted by atomic mass is 16.3. The Morgan fingerprint density at radius 1 is 0.800 bits per heavy atom. The lowest BCUT2D eigenvalue weighted by Crippen LogP contribution is -2.28. The van der Waals surface area contributed by atoms with E-state index in [4.69, 9.17) is 4.99 Å². The monoisotopic (exact) mass is 530 g/mol.